The van der Waals surface area contributed by atoms with Crippen LogP contribution in [-0.4, -0.2) is 9.91 Å². The molecule has 1 aromatic rings. The Kier molecular flexibility index (Phi) is 2.86. The average Bonchev–Trinajstić information content (AvgIpc) is 2.03. The maximum Gasteiger partial charge on any atom is 0.280 e. The van der Waals surface area contributed by atoms with Crippen molar-refractivity contribution in [1.29, 1.82) is 0 Å². The van der Waals surface area contributed by atoms with Crippen molar-refractivity contribution in [2.45, 2.75) is 6.43 Å². The highest BCUT2D eigenvalue weighted by Crippen LogP contribution is 2.24. The Balaban J connectivity index is 3.19. The first-order valence-corrected chi connectivity index (χ1v) is 3.90. The van der Waals surface area contributed by atoms with E-state index in [4.69, 9.17) is 0 Å². The molecule has 0 aromatic carbocycles. The maximum absolute atomic E-state index is 12.1. The smallest absolute Gasteiger partial charge is 0.258 e. The molecule has 7 heteroatoms. The summed E-state index contributed by atoms with van der Waals surface area (Å²) in [7, 11) is 0. The van der Waals surface area contributed by atoms with Crippen molar-refractivity contribution in [3.8, 4) is 0 Å². The molecule has 70 valence electrons. The molecule has 0 aliphatic heterocycles. The Labute approximate surface area is 79.9 Å². The van der Waals surface area contributed by atoms with Gasteiger partial charge in [0, 0.05) is 12.1 Å². The van der Waals surface area contributed by atoms with Gasteiger partial charge in [0.05, 0.1) is 4.92 Å². The van der Waals surface area contributed by atoms with Crippen LogP contribution in [0.25, 0.3) is 0 Å². The van der Waals surface area contributed by atoms with Gasteiger partial charge < -0.3 is 0 Å². The lowest BCUT2D eigenvalue weighted by atomic mass is 10.3. The number of nitrogens with zero attached hydrogens (tertiary/aromatic N) is 2. The minimum Gasteiger partial charge on any atom is -0.258 e. The van der Waals surface area contributed by atoms with E-state index in [-0.39, 0.29) is 4.60 Å². The molecule has 0 aliphatic rings. The lowest BCUT2D eigenvalue weighted by Gasteiger charge is -1.98. The van der Waals surface area contributed by atoms with Crippen LogP contribution in [0.4, 0.5) is 14.5 Å². The lowest BCUT2D eigenvalue weighted by Crippen LogP contribution is -1.95. The van der Waals surface area contributed by atoms with Crippen LogP contribution in [0.3, 0.4) is 0 Å². The van der Waals surface area contributed by atoms with Crippen molar-refractivity contribution in [1.82, 2.24) is 4.98 Å². The molecular formula is C6H3BrF2N2O2. The summed E-state index contributed by atoms with van der Waals surface area (Å²) in [4.78, 5) is 12.9. The molecule has 4 nitrogen and oxygen atoms in total. The second-order valence-electron chi connectivity index (χ2n) is 2.13. The SMILES string of the molecule is O=[N+]([O-])c1cc(Br)nc(C(F)F)c1. The van der Waals surface area contributed by atoms with Crippen molar-refractivity contribution in [2.75, 3.05) is 0 Å². The van der Waals surface area contributed by atoms with E-state index in [1.807, 2.05) is 0 Å². The van der Waals surface area contributed by atoms with E-state index in [0.717, 1.165) is 12.1 Å². The van der Waals surface area contributed by atoms with Gasteiger partial charge in [0.15, 0.2) is 0 Å². The Morgan fingerprint density at radius 1 is 1.54 bits per heavy atom. The minimum atomic E-state index is -2.81. The summed E-state index contributed by atoms with van der Waals surface area (Å²) in [6, 6.07) is 1.81. The minimum absolute atomic E-state index is 0.0250. The Hall–Kier alpha value is -1.11. The van der Waals surface area contributed by atoms with Gasteiger partial charge in [0.25, 0.3) is 12.1 Å². The Morgan fingerprint density at radius 2 is 2.15 bits per heavy atom. The largest absolute Gasteiger partial charge is 0.280 e. The molecule has 0 bridgehead atoms. The molecule has 0 radical (unpaired) electrons. The van der Waals surface area contributed by atoms with Crippen LogP contribution in [0.2, 0.25) is 0 Å². The van der Waals surface area contributed by atoms with Crippen molar-refractivity contribution >= 4 is 21.6 Å². The van der Waals surface area contributed by atoms with Gasteiger partial charge in [0.1, 0.15) is 10.3 Å². The number of halogens is 3. The van der Waals surface area contributed by atoms with E-state index in [2.05, 4.69) is 20.9 Å². The predicted molar refractivity (Wildman–Crippen MR) is 43.5 cm³/mol. The molecule has 1 heterocycles. The highest BCUT2D eigenvalue weighted by Gasteiger charge is 2.15. The summed E-state index contributed by atoms with van der Waals surface area (Å²) in [6.07, 6.45) is -2.81. The topological polar surface area (TPSA) is 56.0 Å². The molecule has 1 rings (SSSR count). The molecule has 0 fully saturated rings. The summed E-state index contributed by atoms with van der Waals surface area (Å²) in [5.41, 5.74) is -1.02. The molecule has 0 aliphatic carbocycles. The van der Waals surface area contributed by atoms with E-state index in [9.17, 15) is 18.9 Å². The second-order valence-corrected chi connectivity index (χ2v) is 2.94. The third-order valence-corrected chi connectivity index (χ3v) is 1.64. The summed E-state index contributed by atoms with van der Waals surface area (Å²) in [6.45, 7) is 0. The average molecular weight is 253 g/mol. The Morgan fingerprint density at radius 3 is 2.62 bits per heavy atom. The fourth-order valence-corrected chi connectivity index (χ4v) is 1.16. The van der Waals surface area contributed by atoms with Crippen LogP contribution in [0.1, 0.15) is 12.1 Å². The molecule has 0 spiro atoms. The monoisotopic (exact) mass is 252 g/mol. The van der Waals surface area contributed by atoms with E-state index in [1.54, 1.807) is 0 Å². The second kappa shape index (κ2) is 3.73. The third-order valence-electron chi connectivity index (χ3n) is 1.23. The third kappa shape index (κ3) is 2.41. The first-order chi connectivity index (χ1) is 6.00. The highest BCUT2D eigenvalue weighted by molar-refractivity contribution is 9.10. The number of aromatic nitrogens is 1. The van der Waals surface area contributed by atoms with Crippen molar-refractivity contribution in [2.24, 2.45) is 0 Å². The molecule has 0 unspecified atom stereocenters. The van der Waals surface area contributed by atoms with Crippen LogP contribution in [-0.2, 0) is 0 Å². The van der Waals surface area contributed by atoms with Crippen LogP contribution >= 0.6 is 15.9 Å². The summed E-state index contributed by atoms with van der Waals surface area (Å²) >= 11 is 2.80. The van der Waals surface area contributed by atoms with E-state index in [0.29, 0.717) is 0 Å². The van der Waals surface area contributed by atoms with Gasteiger partial charge in [-0.05, 0) is 15.9 Å². The van der Waals surface area contributed by atoms with Gasteiger partial charge in [-0.25, -0.2) is 13.8 Å². The highest BCUT2D eigenvalue weighted by atomic mass is 79.9. The molecule has 0 amide bonds. The van der Waals surface area contributed by atoms with Crippen molar-refractivity contribution < 1.29 is 13.7 Å². The number of hydrogen-bond donors (Lipinski definition) is 0. The van der Waals surface area contributed by atoms with Crippen molar-refractivity contribution in [3.05, 3.63) is 32.5 Å². The molecule has 0 saturated heterocycles. The number of rotatable bonds is 2. The number of nitro groups is 1. The van der Waals surface area contributed by atoms with E-state index >= 15 is 0 Å². The summed E-state index contributed by atoms with van der Waals surface area (Å²) in [5, 5.41) is 10.2. The van der Waals surface area contributed by atoms with Crippen LogP contribution in [0.5, 0.6) is 0 Å². The van der Waals surface area contributed by atoms with Gasteiger partial charge in [-0.2, -0.15) is 0 Å². The predicted octanol–water partition coefficient (Wildman–Crippen LogP) is 2.69. The maximum atomic E-state index is 12.1. The number of hydrogen-bond acceptors (Lipinski definition) is 3. The first kappa shape index (κ1) is 9.97. The molecule has 0 N–H and O–H groups in total. The van der Waals surface area contributed by atoms with Gasteiger partial charge in [-0.15, -0.1) is 0 Å². The van der Waals surface area contributed by atoms with Gasteiger partial charge in [-0.1, -0.05) is 0 Å². The normalized spacial score (nSPS) is 10.5. The fraction of sp³-hybridized carbons (Fsp3) is 0.167. The van der Waals surface area contributed by atoms with Crippen LogP contribution in [0.15, 0.2) is 16.7 Å². The van der Waals surface area contributed by atoms with Gasteiger partial charge in [0.2, 0.25) is 0 Å². The van der Waals surface area contributed by atoms with E-state index in [1.165, 1.54) is 0 Å². The van der Waals surface area contributed by atoms with Gasteiger partial charge >= 0.3 is 0 Å². The van der Waals surface area contributed by atoms with Crippen LogP contribution < -0.4 is 0 Å². The zero-order valence-electron chi connectivity index (χ0n) is 6.08. The molecular weight excluding hydrogens is 250 g/mol. The number of alkyl halides is 2. The van der Waals surface area contributed by atoms with Gasteiger partial charge in [-0.3, -0.25) is 10.1 Å². The molecule has 0 atom stereocenters. The fourth-order valence-electron chi connectivity index (χ4n) is 0.720. The summed E-state index contributed by atoms with van der Waals surface area (Å²) in [5.74, 6) is 0. The van der Waals surface area contributed by atoms with E-state index < -0.39 is 22.7 Å². The van der Waals surface area contributed by atoms with Crippen molar-refractivity contribution in [3.63, 3.8) is 0 Å². The summed E-state index contributed by atoms with van der Waals surface area (Å²) < 4.78 is 24.2. The quantitative estimate of drug-likeness (QED) is 0.462. The number of pyridine rings is 1. The lowest BCUT2D eigenvalue weighted by molar-refractivity contribution is -0.385. The molecule has 0 saturated carbocycles. The molecule has 1 aromatic heterocycles. The zero-order chi connectivity index (χ0) is 10.0. The standard InChI is InChI=1S/C6H3BrF2N2O2/c7-5-2-3(11(12)13)1-4(10-5)6(8)9/h1-2,6H. The van der Waals surface area contributed by atoms with Crippen LogP contribution in [0, 0.1) is 10.1 Å². The molecule has 13 heavy (non-hydrogen) atoms. The zero-order valence-corrected chi connectivity index (χ0v) is 7.66. The Bertz CT molecular complexity index is 345. The first-order valence-electron chi connectivity index (χ1n) is 3.10.